The van der Waals surface area contributed by atoms with Gasteiger partial charge in [0.1, 0.15) is 29.3 Å². The topological polar surface area (TPSA) is 109 Å². The molecule has 3 heterocycles. The first-order valence-electron chi connectivity index (χ1n) is 11.4. The van der Waals surface area contributed by atoms with E-state index in [0.29, 0.717) is 52.1 Å². The van der Waals surface area contributed by atoms with Crippen LogP contribution >= 0.6 is 0 Å². The van der Waals surface area contributed by atoms with Crippen LogP contribution in [0.25, 0.3) is 27.8 Å². The fraction of sp³-hybridized carbons (Fsp3) is 0.0714. The highest BCUT2D eigenvalue weighted by Crippen LogP contribution is 2.35. The summed E-state index contributed by atoms with van der Waals surface area (Å²) in [5.74, 6) is -0.560. The summed E-state index contributed by atoms with van der Waals surface area (Å²) < 4.78 is 29.9. The van der Waals surface area contributed by atoms with Crippen LogP contribution in [0.15, 0.2) is 83.8 Å². The fourth-order valence-corrected chi connectivity index (χ4v) is 4.41. The van der Waals surface area contributed by atoms with E-state index < -0.39 is 17.2 Å². The molecule has 7 nitrogen and oxygen atoms in total. The molecule has 0 fully saturated rings. The van der Waals surface area contributed by atoms with Crippen molar-refractivity contribution in [2.45, 2.75) is 6.42 Å². The molecule has 0 amide bonds. The molecule has 2 aromatic carbocycles. The molecule has 0 unspecified atom stereocenters. The van der Waals surface area contributed by atoms with Gasteiger partial charge in [0.05, 0.1) is 11.1 Å². The van der Waals surface area contributed by atoms with Crippen molar-refractivity contribution >= 4 is 17.2 Å². The number of pyridine rings is 2. The standard InChI is InChI=1S/C28H20F2N6O/c29-19-8-4-7-18(13-19)26-21(11-12-33-24-14-23(32)34-25(15-31)35-24)22-10-9-20(30)16-36(22)28(37)27(26)17-5-2-1-3-6-17/h1-10,13-14,16H,11-12H2,(H3,32,33,34,35). The largest absolute Gasteiger partial charge is 0.383 e. The number of aromatic nitrogens is 3. The predicted molar refractivity (Wildman–Crippen MR) is 138 cm³/mol. The van der Waals surface area contributed by atoms with Gasteiger partial charge in [-0.3, -0.25) is 9.20 Å². The lowest BCUT2D eigenvalue weighted by atomic mass is 9.89. The van der Waals surface area contributed by atoms with Crippen LogP contribution in [0.2, 0.25) is 0 Å². The molecule has 0 aliphatic carbocycles. The van der Waals surface area contributed by atoms with Crippen LogP contribution in [0, 0.1) is 23.0 Å². The van der Waals surface area contributed by atoms with Crippen molar-refractivity contribution in [1.29, 1.82) is 5.26 Å². The minimum absolute atomic E-state index is 0.0681. The summed E-state index contributed by atoms with van der Waals surface area (Å²) in [6.07, 6.45) is 1.51. The van der Waals surface area contributed by atoms with Gasteiger partial charge in [0.25, 0.3) is 5.56 Å². The Kier molecular flexibility index (Phi) is 6.31. The van der Waals surface area contributed by atoms with E-state index in [2.05, 4.69) is 15.3 Å². The maximum Gasteiger partial charge on any atom is 0.263 e. The third kappa shape index (κ3) is 4.73. The minimum Gasteiger partial charge on any atom is -0.383 e. The molecule has 0 saturated carbocycles. The lowest BCUT2D eigenvalue weighted by Crippen LogP contribution is -2.21. The fourth-order valence-electron chi connectivity index (χ4n) is 4.41. The molecule has 0 atom stereocenters. The third-order valence-electron chi connectivity index (χ3n) is 5.91. The number of nitrogens with zero attached hydrogens (tertiary/aromatic N) is 4. The SMILES string of the molecule is N#Cc1nc(N)cc(NCCc2c(-c3cccc(F)c3)c(-c3ccccc3)c(=O)n3cc(F)ccc23)n1. The van der Waals surface area contributed by atoms with E-state index in [9.17, 15) is 13.6 Å². The summed E-state index contributed by atoms with van der Waals surface area (Å²) in [6.45, 7) is 0.323. The van der Waals surface area contributed by atoms with Crippen LogP contribution in [-0.4, -0.2) is 20.9 Å². The van der Waals surface area contributed by atoms with Crippen LogP contribution in [0.1, 0.15) is 11.4 Å². The smallest absolute Gasteiger partial charge is 0.263 e. The zero-order chi connectivity index (χ0) is 25.9. The highest BCUT2D eigenvalue weighted by atomic mass is 19.1. The second-order valence-electron chi connectivity index (χ2n) is 8.30. The molecule has 3 N–H and O–H groups in total. The lowest BCUT2D eigenvalue weighted by Gasteiger charge is -2.19. The highest BCUT2D eigenvalue weighted by Gasteiger charge is 2.21. The van der Waals surface area contributed by atoms with Gasteiger partial charge in [0, 0.05) is 24.4 Å². The molecule has 0 saturated heterocycles. The molecule has 0 spiro atoms. The van der Waals surface area contributed by atoms with E-state index in [1.165, 1.54) is 28.7 Å². The van der Waals surface area contributed by atoms with Gasteiger partial charge >= 0.3 is 0 Å². The summed E-state index contributed by atoms with van der Waals surface area (Å²) in [5, 5.41) is 12.3. The Labute approximate surface area is 210 Å². The van der Waals surface area contributed by atoms with Gasteiger partial charge in [-0.05, 0) is 47.4 Å². The Morgan fingerprint density at radius 2 is 1.70 bits per heavy atom. The highest BCUT2D eigenvalue weighted by molar-refractivity contribution is 5.89. The van der Waals surface area contributed by atoms with Gasteiger partial charge in [-0.2, -0.15) is 5.26 Å². The molecule has 5 aromatic rings. The molecule has 37 heavy (non-hydrogen) atoms. The van der Waals surface area contributed by atoms with Crippen molar-refractivity contribution in [2.75, 3.05) is 17.6 Å². The van der Waals surface area contributed by atoms with Crippen molar-refractivity contribution in [1.82, 2.24) is 14.4 Å². The van der Waals surface area contributed by atoms with E-state index in [-0.39, 0.29) is 11.6 Å². The zero-order valence-corrected chi connectivity index (χ0v) is 19.5. The number of anilines is 2. The van der Waals surface area contributed by atoms with Crippen LogP contribution in [0.5, 0.6) is 0 Å². The Morgan fingerprint density at radius 1 is 0.919 bits per heavy atom. The molecule has 5 rings (SSSR count). The molecular formula is C28H20F2N6O. The maximum atomic E-state index is 14.4. The van der Waals surface area contributed by atoms with Crippen molar-refractivity contribution < 1.29 is 8.78 Å². The van der Waals surface area contributed by atoms with E-state index in [1.54, 1.807) is 42.5 Å². The summed E-state index contributed by atoms with van der Waals surface area (Å²) in [7, 11) is 0. The number of nitriles is 1. The number of rotatable bonds is 6. The Bertz CT molecular complexity index is 1730. The second kappa shape index (κ2) is 9.87. The molecule has 0 aliphatic heterocycles. The van der Waals surface area contributed by atoms with E-state index >= 15 is 0 Å². The monoisotopic (exact) mass is 494 g/mol. The summed E-state index contributed by atoms with van der Waals surface area (Å²) in [5.41, 5.74) is 8.60. The van der Waals surface area contributed by atoms with E-state index in [4.69, 9.17) is 11.0 Å². The quantitative estimate of drug-likeness (QED) is 0.351. The number of halogens is 2. The minimum atomic E-state index is -0.559. The first-order valence-corrected chi connectivity index (χ1v) is 11.4. The molecule has 9 heteroatoms. The molecule has 0 bridgehead atoms. The molecular weight excluding hydrogens is 474 g/mol. The number of nitrogen functional groups attached to an aromatic ring is 1. The average molecular weight is 495 g/mol. The van der Waals surface area contributed by atoms with Crippen LogP contribution in [-0.2, 0) is 6.42 Å². The van der Waals surface area contributed by atoms with Gasteiger partial charge in [0.15, 0.2) is 0 Å². The Morgan fingerprint density at radius 3 is 2.46 bits per heavy atom. The number of hydrogen-bond donors (Lipinski definition) is 2. The van der Waals surface area contributed by atoms with Gasteiger partial charge < -0.3 is 11.1 Å². The normalized spacial score (nSPS) is 10.8. The van der Waals surface area contributed by atoms with Crippen LogP contribution in [0.4, 0.5) is 20.4 Å². The molecule has 0 radical (unpaired) electrons. The van der Waals surface area contributed by atoms with Gasteiger partial charge in [0.2, 0.25) is 5.82 Å². The Balaban J connectivity index is 1.72. The number of nitrogens with one attached hydrogen (secondary N) is 1. The maximum absolute atomic E-state index is 14.4. The first-order chi connectivity index (χ1) is 17.9. The van der Waals surface area contributed by atoms with Gasteiger partial charge in [-0.1, -0.05) is 42.5 Å². The summed E-state index contributed by atoms with van der Waals surface area (Å²) in [4.78, 5) is 21.7. The zero-order valence-electron chi connectivity index (χ0n) is 19.5. The predicted octanol–water partition coefficient (Wildman–Crippen LogP) is 4.81. The lowest BCUT2D eigenvalue weighted by molar-refractivity contribution is 0.618. The number of hydrogen-bond acceptors (Lipinski definition) is 6. The number of nitrogens with two attached hydrogens (primary N) is 1. The second-order valence-corrected chi connectivity index (χ2v) is 8.30. The van der Waals surface area contributed by atoms with Crippen molar-refractivity contribution in [3.63, 3.8) is 0 Å². The molecule has 3 aromatic heterocycles. The van der Waals surface area contributed by atoms with E-state index in [0.717, 1.165) is 6.20 Å². The van der Waals surface area contributed by atoms with Gasteiger partial charge in [-0.15, -0.1) is 0 Å². The van der Waals surface area contributed by atoms with Crippen molar-refractivity contribution in [3.8, 4) is 28.3 Å². The third-order valence-corrected chi connectivity index (χ3v) is 5.91. The van der Waals surface area contributed by atoms with Crippen LogP contribution < -0.4 is 16.6 Å². The number of benzene rings is 2. The van der Waals surface area contributed by atoms with Crippen LogP contribution in [0.3, 0.4) is 0 Å². The van der Waals surface area contributed by atoms with Crippen molar-refractivity contribution in [3.05, 3.63) is 112 Å². The van der Waals surface area contributed by atoms with E-state index in [1.807, 2.05) is 12.1 Å². The number of fused-ring (bicyclic) bond motifs is 1. The molecule has 182 valence electrons. The summed E-state index contributed by atoms with van der Waals surface area (Å²) in [6, 6.07) is 21.3. The average Bonchev–Trinajstić information content (AvgIpc) is 2.90. The summed E-state index contributed by atoms with van der Waals surface area (Å²) >= 11 is 0. The van der Waals surface area contributed by atoms with Crippen molar-refractivity contribution in [2.24, 2.45) is 0 Å². The Hall–Kier alpha value is -5.10. The first kappa shape index (κ1) is 23.6. The molecule has 0 aliphatic rings. The van der Waals surface area contributed by atoms with Gasteiger partial charge in [-0.25, -0.2) is 18.7 Å².